The van der Waals surface area contributed by atoms with Crippen molar-refractivity contribution >= 4 is 31.6 Å². The number of halogens is 1. The fourth-order valence-electron chi connectivity index (χ4n) is 2.69. The number of fused-ring (bicyclic) bond motifs is 1. The molecule has 21 heavy (non-hydrogen) atoms. The van der Waals surface area contributed by atoms with Gasteiger partial charge in [0.1, 0.15) is 0 Å². The van der Waals surface area contributed by atoms with Crippen LogP contribution in [0, 0.1) is 0 Å². The van der Waals surface area contributed by atoms with Gasteiger partial charge in [-0.3, -0.25) is 4.72 Å². The zero-order valence-corrected chi connectivity index (χ0v) is 13.9. The molecule has 0 fully saturated rings. The van der Waals surface area contributed by atoms with Gasteiger partial charge in [0.25, 0.3) is 10.0 Å². The lowest BCUT2D eigenvalue weighted by molar-refractivity contribution is 0.601. The summed E-state index contributed by atoms with van der Waals surface area (Å²) >= 11 is 3.31. The van der Waals surface area contributed by atoms with E-state index in [2.05, 4.69) is 26.7 Å². The monoisotopic (exact) mass is 365 g/mol. The quantitative estimate of drug-likeness (QED) is 0.888. The topological polar surface area (TPSA) is 46.2 Å². The van der Waals surface area contributed by atoms with E-state index in [9.17, 15) is 8.42 Å². The van der Waals surface area contributed by atoms with Crippen LogP contribution in [0.25, 0.3) is 0 Å². The van der Waals surface area contributed by atoms with E-state index in [4.69, 9.17) is 0 Å². The molecule has 110 valence electrons. The van der Waals surface area contributed by atoms with Crippen molar-refractivity contribution < 1.29 is 8.42 Å². The van der Waals surface area contributed by atoms with Gasteiger partial charge in [-0.1, -0.05) is 28.1 Å². The highest BCUT2D eigenvalue weighted by molar-refractivity contribution is 9.10. The maximum Gasteiger partial charge on any atom is 0.261 e. The number of hydrogen-bond acceptors (Lipinski definition) is 2. The number of aryl methyl sites for hydroxylation is 1. The highest BCUT2D eigenvalue weighted by Gasteiger charge is 2.18. The van der Waals surface area contributed by atoms with Crippen molar-refractivity contribution in [3.05, 3.63) is 58.1 Å². The molecule has 0 aliphatic heterocycles. The summed E-state index contributed by atoms with van der Waals surface area (Å²) in [5.41, 5.74) is 3.12. The van der Waals surface area contributed by atoms with Gasteiger partial charge in [-0.2, -0.15) is 0 Å². The molecule has 3 nitrogen and oxygen atoms in total. The Morgan fingerprint density at radius 2 is 1.67 bits per heavy atom. The maximum atomic E-state index is 12.5. The first-order valence-electron chi connectivity index (χ1n) is 6.95. The van der Waals surface area contributed by atoms with Gasteiger partial charge in [0, 0.05) is 4.47 Å². The number of sulfonamides is 1. The van der Waals surface area contributed by atoms with Gasteiger partial charge in [0.15, 0.2) is 0 Å². The maximum absolute atomic E-state index is 12.5. The molecule has 1 aliphatic rings. The molecule has 0 atom stereocenters. The Morgan fingerprint density at radius 1 is 0.952 bits per heavy atom. The summed E-state index contributed by atoms with van der Waals surface area (Å²) < 4.78 is 28.5. The highest BCUT2D eigenvalue weighted by atomic mass is 79.9. The van der Waals surface area contributed by atoms with Crippen molar-refractivity contribution in [2.24, 2.45) is 0 Å². The Morgan fingerprint density at radius 3 is 2.43 bits per heavy atom. The molecule has 0 heterocycles. The lowest BCUT2D eigenvalue weighted by Gasteiger charge is -2.20. The molecular formula is C16H16BrNO2S. The van der Waals surface area contributed by atoms with Crippen molar-refractivity contribution in [3.8, 4) is 0 Å². The Bertz CT molecular complexity index is 754. The molecule has 0 amide bonds. The van der Waals surface area contributed by atoms with Crippen molar-refractivity contribution in [2.45, 2.75) is 30.6 Å². The average molecular weight is 366 g/mol. The Kier molecular flexibility index (Phi) is 4.04. The minimum Gasteiger partial charge on any atom is -0.279 e. The molecule has 0 bridgehead atoms. The first-order chi connectivity index (χ1) is 10.1. The summed E-state index contributed by atoms with van der Waals surface area (Å²) in [7, 11) is -3.53. The first-order valence-corrected chi connectivity index (χ1v) is 9.23. The van der Waals surface area contributed by atoms with Crippen LogP contribution in [0.5, 0.6) is 0 Å². The minimum atomic E-state index is -3.53. The zero-order chi connectivity index (χ0) is 14.9. The molecule has 1 aliphatic carbocycles. The van der Waals surface area contributed by atoms with Crippen LogP contribution in [-0.4, -0.2) is 8.42 Å². The van der Waals surface area contributed by atoms with Gasteiger partial charge in [-0.25, -0.2) is 8.42 Å². The van der Waals surface area contributed by atoms with Crippen LogP contribution in [0.3, 0.4) is 0 Å². The third kappa shape index (κ3) is 3.14. The molecule has 0 saturated heterocycles. The molecule has 0 aromatic heterocycles. The molecule has 3 rings (SSSR count). The van der Waals surface area contributed by atoms with Crippen LogP contribution in [-0.2, 0) is 22.9 Å². The van der Waals surface area contributed by atoms with Crippen LogP contribution < -0.4 is 4.72 Å². The van der Waals surface area contributed by atoms with Crippen molar-refractivity contribution in [2.75, 3.05) is 4.72 Å². The third-order valence-electron chi connectivity index (χ3n) is 3.76. The lowest BCUT2D eigenvalue weighted by atomic mass is 9.91. The number of benzene rings is 2. The van der Waals surface area contributed by atoms with Gasteiger partial charge in [-0.05, 0) is 67.1 Å². The fraction of sp³-hybridized carbons (Fsp3) is 0.250. The van der Waals surface area contributed by atoms with Crippen molar-refractivity contribution in [1.29, 1.82) is 0 Å². The van der Waals surface area contributed by atoms with E-state index < -0.39 is 10.0 Å². The highest BCUT2D eigenvalue weighted by Crippen LogP contribution is 2.29. The SMILES string of the molecule is O=S(=O)(Nc1cccc2c1CCCC2)c1ccc(Br)cc1. The van der Waals surface area contributed by atoms with E-state index in [0.717, 1.165) is 35.0 Å². The number of anilines is 1. The van der Waals surface area contributed by atoms with Gasteiger partial charge < -0.3 is 0 Å². The normalized spacial score (nSPS) is 14.5. The predicted molar refractivity (Wildman–Crippen MR) is 88.0 cm³/mol. The summed E-state index contributed by atoms with van der Waals surface area (Å²) in [4.78, 5) is 0.277. The number of nitrogens with one attached hydrogen (secondary N) is 1. The van der Waals surface area contributed by atoms with E-state index in [1.54, 1.807) is 24.3 Å². The Balaban J connectivity index is 1.94. The van der Waals surface area contributed by atoms with Crippen LogP contribution in [0.15, 0.2) is 51.8 Å². The predicted octanol–water partition coefficient (Wildman–Crippen LogP) is 4.13. The standard InChI is InChI=1S/C16H16BrNO2S/c17-13-8-10-14(11-9-13)21(19,20)18-16-7-3-5-12-4-1-2-6-15(12)16/h3,5,7-11,18H,1-2,4,6H2. The molecule has 2 aromatic rings. The van der Waals surface area contributed by atoms with E-state index in [0.29, 0.717) is 0 Å². The van der Waals surface area contributed by atoms with Crippen LogP contribution >= 0.6 is 15.9 Å². The molecule has 2 aromatic carbocycles. The molecule has 0 unspecified atom stereocenters. The molecule has 5 heteroatoms. The average Bonchev–Trinajstić information content (AvgIpc) is 2.48. The number of hydrogen-bond donors (Lipinski definition) is 1. The van der Waals surface area contributed by atoms with Crippen molar-refractivity contribution in [1.82, 2.24) is 0 Å². The smallest absolute Gasteiger partial charge is 0.261 e. The zero-order valence-electron chi connectivity index (χ0n) is 11.5. The van der Waals surface area contributed by atoms with Crippen molar-refractivity contribution in [3.63, 3.8) is 0 Å². The van der Waals surface area contributed by atoms with Gasteiger partial charge in [-0.15, -0.1) is 0 Å². The van der Waals surface area contributed by atoms with Gasteiger partial charge in [0.05, 0.1) is 10.6 Å². The van der Waals surface area contributed by atoms with Crippen LogP contribution in [0.2, 0.25) is 0 Å². The molecule has 0 radical (unpaired) electrons. The second kappa shape index (κ2) is 5.81. The van der Waals surface area contributed by atoms with Crippen LogP contribution in [0.1, 0.15) is 24.0 Å². The van der Waals surface area contributed by atoms with Crippen LogP contribution in [0.4, 0.5) is 5.69 Å². The fourth-order valence-corrected chi connectivity index (χ4v) is 4.05. The summed E-state index contributed by atoms with van der Waals surface area (Å²) in [5.74, 6) is 0. The first kappa shape index (κ1) is 14.6. The summed E-state index contributed by atoms with van der Waals surface area (Å²) in [6.07, 6.45) is 4.26. The second-order valence-corrected chi connectivity index (χ2v) is 7.81. The lowest BCUT2D eigenvalue weighted by Crippen LogP contribution is -2.16. The summed E-state index contributed by atoms with van der Waals surface area (Å²) in [6.45, 7) is 0. The van der Waals surface area contributed by atoms with E-state index in [1.807, 2.05) is 12.1 Å². The third-order valence-corrected chi connectivity index (χ3v) is 5.67. The van der Waals surface area contributed by atoms with E-state index in [-0.39, 0.29) is 4.90 Å². The van der Waals surface area contributed by atoms with Gasteiger partial charge >= 0.3 is 0 Å². The second-order valence-electron chi connectivity index (χ2n) is 5.21. The van der Waals surface area contributed by atoms with Gasteiger partial charge in [0.2, 0.25) is 0 Å². The molecule has 0 spiro atoms. The summed E-state index contributed by atoms with van der Waals surface area (Å²) in [6, 6.07) is 12.5. The van der Waals surface area contributed by atoms with E-state index in [1.165, 1.54) is 12.0 Å². The Labute approximate surface area is 133 Å². The molecular weight excluding hydrogens is 350 g/mol. The largest absolute Gasteiger partial charge is 0.279 e. The molecule has 0 saturated carbocycles. The summed E-state index contributed by atoms with van der Waals surface area (Å²) in [5, 5.41) is 0. The molecule has 1 N–H and O–H groups in total. The number of rotatable bonds is 3. The Hall–Kier alpha value is -1.33. The minimum absolute atomic E-state index is 0.277. The van der Waals surface area contributed by atoms with E-state index >= 15 is 0 Å².